The van der Waals surface area contributed by atoms with Crippen molar-refractivity contribution < 1.29 is 28.9 Å². The van der Waals surface area contributed by atoms with E-state index in [4.69, 9.17) is 14.2 Å². The van der Waals surface area contributed by atoms with Crippen LogP contribution >= 0.6 is 0 Å². The van der Waals surface area contributed by atoms with Gasteiger partial charge in [0.1, 0.15) is 0 Å². The molecule has 0 bridgehead atoms. The molecule has 1 fully saturated rings. The van der Waals surface area contributed by atoms with Crippen LogP contribution in [0, 0.1) is 0 Å². The normalized spacial score (nSPS) is 19.9. The lowest BCUT2D eigenvalue weighted by Crippen LogP contribution is -2.32. The zero-order valence-electron chi connectivity index (χ0n) is 21.8. The number of para-hydroxylation sites is 2. The second-order valence-electron chi connectivity index (χ2n) is 9.60. The number of aromatic nitrogens is 2. The molecule has 0 spiro atoms. The predicted octanol–water partition coefficient (Wildman–Crippen LogP) is 4.66. The van der Waals surface area contributed by atoms with E-state index < -0.39 is 24.3 Å². The molecule has 1 amide bonds. The van der Waals surface area contributed by atoms with Gasteiger partial charge in [0.2, 0.25) is 0 Å². The Hall–Kier alpha value is -4.05. The highest BCUT2D eigenvalue weighted by Crippen LogP contribution is 2.39. The first-order valence-corrected chi connectivity index (χ1v) is 12.9. The van der Waals surface area contributed by atoms with Gasteiger partial charge < -0.3 is 29.2 Å². The summed E-state index contributed by atoms with van der Waals surface area (Å²) < 4.78 is 20.0. The van der Waals surface area contributed by atoms with Crippen LogP contribution in [0.3, 0.4) is 0 Å². The van der Waals surface area contributed by atoms with Gasteiger partial charge in [0.05, 0.1) is 42.7 Å². The summed E-state index contributed by atoms with van der Waals surface area (Å²) in [7, 11) is 0. The fraction of sp³-hybridized carbons (Fsp3) is 0.300. The zero-order valence-corrected chi connectivity index (χ0v) is 21.8. The minimum absolute atomic E-state index is 0.0253. The number of aliphatic hydroxyl groups is 1. The minimum atomic E-state index is -0.922. The molecular formula is C30H31N3O6. The molecule has 39 heavy (non-hydrogen) atoms. The maximum atomic E-state index is 12.5. The molecule has 0 aliphatic carbocycles. The number of aliphatic hydroxyl groups excluding tert-OH is 1. The average molecular weight is 530 g/mol. The molecule has 1 saturated heterocycles. The van der Waals surface area contributed by atoms with Crippen molar-refractivity contribution in [2.75, 3.05) is 5.32 Å². The monoisotopic (exact) mass is 529 g/mol. The first kappa shape index (κ1) is 26.6. The number of benzene rings is 3. The van der Waals surface area contributed by atoms with E-state index >= 15 is 0 Å². The Morgan fingerprint density at radius 3 is 2.64 bits per heavy atom. The molecule has 4 atom stereocenters. The number of fused-ring (bicyclic) bond motifs is 1. The minimum Gasteiger partial charge on any atom is -0.453 e. The Morgan fingerprint density at radius 2 is 1.87 bits per heavy atom. The van der Waals surface area contributed by atoms with Crippen LogP contribution in [0.2, 0.25) is 0 Å². The number of esters is 1. The van der Waals surface area contributed by atoms with Gasteiger partial charge in [-0.05, 0) is 42.3 Å². The van der Waals surface area contributed by atoms with Gasteiger partial charge in [-0.1, -0.05) is 48.5 Å². The maximum absolute atomic E-state index is 12.5. The van der Waals surface area contributed by atoms with E-state index in [9.17, 15) is 14.7 Å². The van der Waals surface area contributed by atoms with E-state index in [2.05, 4.69) is 14.9 Å². The summed E-state index contributed by atoms with van der Waals surface area (Å²) in [6.07, 6.45) is 0.393. The second kappa shape index (κ2) is 11.8. The van der Waals surface area contributed by atoms with Crippen molar-refractivity contribution in [1.82, 2.24) is 9.55 Å². The lowest BCUT2D eigenvalue weighted by atomic mass is 10.00. The van der Waals surface area contributed by atoms with Gasteiger partial charge in [-0.25, -0.2) is 4.98 Å². The zero-order chi connectivity index (χ0) is 27.4. The first-order valence-electron chi connectivity index (χ1n) is 12.9. The van der Waals surface area contributed by atoms with Crippen LogP contribution in [0.4, 0.5) is 5.69 Å². The fourth-order valence-corrected chi connectivity index (χ4v) is 4.72. The third-order valence-electron chi connectivity index (χ3n) is 6.68. The van der Waals surface area contributed by atoms with Crippen molar-refractivity contribution in [3.8, 4) is 0 Å². The average Bonchev–Trinajstić information content (AvgIpc) is 3.35. The molecule has 9 heteroatoms. The quantitative estimate of drug-likeness (QED) is 0.319. The van der Waals surface area contributed by atoms with E-state index in [0.29, 0.717) is 18.7 Å². The number of amides is 1. The second-order valence-corrected chi connectivity index (χ2v) is 9.60. The summed E-state index contributed by atoms with van der Waals surface area (Å²) in [5, 5.41) is 12.2. The molecule has 5 rings (SSSR count). The molecule has 1 aliphatic rings. The first-order chi connectivity index (χ1) is 18.9. The van der Waals surface area contributed by atoms with Crippen LogP contribution in [-0.2, 0) is 37.0 Å². The van der Waals surface area contributed by atoms with Gasteiger partial charge in [0, 0.05) is 24.6 Å². The highest BCUT2D eigenvalue weighted by molar-refractivity contribution is 5.95. The maximum Gasteiger partial charge on any atom is 0.303 e. The van der Waals surface area contributed by atoms with Crippen LogP contribution in [0.5, 0.6) is 0 Å². The van der Waals surface area contributed by atoms with Gasteiger partial charge >= 0.3 is 5.97 Å². The molecule has 202 valence electrons. The Balaban J connectivity index is 1.39. The summed E-state index contributed by atoms with van der Waals surface area (Å²) >= 11 is 0. The van der Waals surface area contributed by atoms with Crippen molar-refractivity contribution in [3.05, 3.63) is 95.8 Å². The third-order valence-corrected chi connectivity index (χ3v) is 6.68. The number of hydrogen-bond acceptors (Lipinski definition) is 7. The summed E-state index contributed by atoms with van der Waals surface area (Å²) in [6.45, 7) is 3.34. The van der Waals surface area contributed by atoms with Gasteiger partial charge in [-0.15, -0.1) is 0 Å². The molecule has 2 N–H and O–H groups in total. The van der Waals surface area contributed by atoms with E-state index in [1.807, 2.05) is 67.0 Å². The van der Waals surface area contributed by atoms with Crippen LogP contribution in [-0.4, -0.2) is 38.7 Å². The number of nitrogens with zero attached hydrogens (tertiary/aromatic N) is 2. The van der Waals surface area contributed by atoms with Gasteiger partial charge in [-0.3, -0.25) is 9.59 Å². The van der Waals surface area contributed by atoms with E-state index in [-0.39, 0.29) is 18.8 Å². The molecule has 0 saturated carbocycles. The molecule has 3 aromatic carbocycles. The smallest absolute Gasteiger partial charge is 0.303 e. The van der Waals surface area contributed by atoms with Crippen LogP contribution in [0.1, 0.15) is 49.4 Å². The molecule has 1 aromatic heterocycles. The van der Waals surface area contributed by atoms with Crippen molar-refractivity contribution in [2.45, 2.75) is 58.0 Å². The summed E-state index contributed by atoms with van der Waals surface area (Å²) in [6, 6.07) is 22.9. The topological polar surface area (TPSA) is 112 Å². The molecule has 1 aliphatic heterocycles. The lowest BCUT2D eigenvalue weighted by molar-refractivity contribution is -0.252. The van der Waals surface area contributed by atoms with Crippen LogP contribution in [0.15, 0.2) is 79.1 Å². The summed E-state index contributed by atoms with van der Waals surface area (Å²) in [4.78, 5) is 28.2. The van der Waals surface area contributed by atoms with Crippen molar-refractivity contribution >= 4 is 28.6 Å². The number of nitrogens with one attached hydrogen (secondary N) is 1. The lowest BCUT2D eigenvalue weighted by Gasteiger charge is -2.36. The Morgan fingerprint density at radius 1 is 1.08 bits per heavy atom. The third kappa shape index (κ3) is 6.34. The van der Waals surface area contributed by atoms with E-state index in [1.54, 1.807) is 12.1 Å². The predicted molar refractivity (Wildman–Crippen MR) is 144 cm³/mol. The molecule has 4 aromatic rings. The van der Waals surface area contributed by atoms with Crippen molar-refractivity contribution in [2.24, 2.45) is 0 Å². The molecular weight excluding hydrogens is 498 g/mol. The van der Waals surface area contributed by atoms with Gasteiger partial charge in [0.25, 0.3) is 5.91 Å². The van der Waals surface area contributed by atoms with E-state index in [0.717, 1.165) is 27.7 Å². The number of carbonyl (C=O) groups excluding carboxylic acids is 2. The van der Waals surface area contributed by atoms with Crippen molar-refractivity contribution in [3.63, 3.8) is 0 Å². The Kier molecular flexibility index (Phi) is 8.02. The molecule has 1 unspecified atom stereocenters. The number of hydrogen-bond donors (Lipinski definition) is 2. The standard InChI is InChI=1S/C30H31N3O6/c1-19(37-20(2)35)29(36)32-24-7-5-6-23(14-24)30-38-25(16-33-18-31-26-8-3-4-9-27(26)33)15-28(39-30)22-12-10-21(17-34)11-13-22/h3-14,18-19,25,28,30,34H,15-17H2,1-2H3,(H,32,36)/t19-,25-,28+,30?/m0/s1. The van der Waals surface area contributed by atoms with Crippen molar-refractivity contribution in [1.29, 1.82) is 0 Å². The van der Waals surface area contributed by atoms with Gasteiger partial charge in [0.15, 0.2) is 12.4 Å². The molecule has 9 nitrogen and oxygen atoms in total. The molecule has 0 radical (unpaired) electrons. The number of imidazole rings is 1. The Bertz CT molecular complexity index is 1450. The number of carbonyl (C=O) groups is 2. The Labute approximate surface area is 226 Å². The number of rotatable bonds is 8. The van der Waals surface area contributed by atoms with E-state index in [1.165, 1.54) is 13.8 Å². The largest absolute Gasteiger partial charge is 0.453 e. The van der Waals surface area contributed by atoms with Crippen LogP contribution in [0.25, 0.3) is 11.0 Å². The number of anilines is 1. The molecule has 2 heterocycles. The summed E-state index contributed by atoms with van der Waals surface area (Å²) in [5.41, 5.74) is 5.04. The highest BCUT2D eigenvalue weighted by Gasteiger charge is 2.33. The SMILES string of the molecule is CC(=O)O[C@@H](C)C(=O)Nc1cccc(C2O[C@H](Cn3cnc4ccccc43)C[C@H](c3ccc(CO)cc3)O2)c1. The summed E-state index contributed by atoms with van der Waals surface area (Å²) in [5.74, 6) is -0.954. The highest BCUT2D eigenvalue weighted by atomic mass is 16.7. The number of ether oxygens (including phenoxy) is 3. The van der Waals surface area contributed by atoms with Gasteiger partial charge in [-0.2, -0.15) is 0 Å². The fourth-order valence-electron chi connectivity index (χ4n) is 4.72. The van der Waals surface area contributed by atoms with Crippen LogP contribution < -0.4 is 5.32 Å².